The van der Waals surface area contributed by atoms with E-state index in [0.29, 0.717) is 49.8 Å². The fourth-order valence-electron chi connectivity index (χ4n) is 21.5. The number of carboxylic acids is 1. The van der Waals surface area contributed by atoms with Crippen molar-refractivity contribution in [3.05, 3.63) is 41.5 Å². The van der Waals surface area contributed by atoms with Crippen molar-refractivity contribution < 1.29 is 192 Å². The van der Waals surface area contributed by atoms with Crippen molar-refractivity contribution in [2.75, 3.05) is 53.9 Å². The molecule has 7 saturated heterocycles. The summed E-state index contributed by atoms with van der Waals surface area (Å²) in [6, 6.07) is 4.73. The molecule has 4 saturated carbocycles. The van der Waals surface area contributed by atoms with Crippen LogP contribution in [0.4, 0.5) is 0 Å². The summed E-state index contributed by atoms with van der Waals surface area (Å²) in [4.78, 5) is 45.3. The molecule has 0 bridgehead atoms. The predicted octanol–water partition coefficient (Wildman–Crippen LogP) is -4.27. The zero-order valence-corrected chi connectivity index (χ0v) is 67.7. The maximum absolute atomic E-state index is 16.6. The number of hydrogen-bond donors (Lipinski definition) is 19. The van der Waals surface area contributed by atoms with Crippen molar-refractivity contribution in [2.45, 2.75) is 315 Å². The fraction of sp³-hybridized carbons (Fsp3) is 0.838. The van der Waals surface area contributed by atoms with Gasteiger partial charge in [0.2, 0.25) is 6.29 Å². The lowest BCUT2D eigenvalue weighted by molar-refractivity contribution is -0.397. The Balaban J connectivity index is 0.843. The molecule has 5 aliphatic carbocycles. The second kappa shape index (κ2) is 36.1. The van der Waals surface area contributed by atoms with Crippen LogP contribution >= 0.6 is 0 Å². The van der Waals surface area contributed by atoms with Crippen LogP contribution in [0.1, 0.15) is 118 Å². The normalized spacial score (nSPS) is 49.3. The van der Waals surface area contributed by atoms with E-state index in [1.807, 2.05) is 0 Å². The SMILES string of the molecule is COc1ccc(/C=C/C(=O)O[C@@H]2[C@H](O[C@@H]3O[C@H](CO)[C@@H](O)[C@H](O[C@@H]4OC[C@@H](O)[C@H](O)[C@H]4O)[C@H]3O)[C@@H](O[C@@H]3O[C@@H](C)[C@H](O[C@@H]4OC[C@@H](O[C@@H]5OC[C@H](O)[C@H](O)[C@H]5O)[C@H](O)[C@H]4O)[C@@H](O)[C@H]3O)[C@H](OC(=O)[C@]34CCC(C)(C)C[C@@H]3C3=CC[C@@H]5[C@@]6(C)CC[C@H](O[C@@H]7O[C@H](CO)[C@@H](O)[C@H](O)[C@H]7O)[C@@](C)(C(=O)O)[C@@H]6CC[C@@]5(C)[C@]3(CO)CC4)O[C@@H]2C)cc1OC. The molecule has 0 radical (unpaired) electrons. The third-order valence-electron chi connectivity index (χ3n) is 28.6. The molecule has 11 fully saturated rings. The lowest BCUT2D eigenvalue weighted by Crippen LogP contribution is -2.69. The Morgan fingerprint density at radius 1 is 0.496 bits per heavy atom. The molecular weight excluding hydrogens is 1580 g/mol. The zero-order valence-electron chi connectivity index (χ0n) is 67.7. The molecule has 13 rings (SSSR count). The number of methoxy groups -OCH3 is 2. The minimum atomic E-state index is -2.25. The van der Waals surface area contributed by atoms with Gasteiger partial charge in [-0.15, -0.1) is 0 Å². The van der Waals surface area contributed by atoms with Crippen molar-refractivity contribution in [1.29, 1.82) is 0 Å². The largest absolute Gasteiger partial charge is 0.493 e. The number of ether oxygens (including phenoxy) is 17. The molecular formula is C80H120O39. The fourth-order valence-corrected chi connectivity index (χ4v) is 21.5. The van der Waals surface area contributed by atoms with Gasteiger partial charge in [-0.05, 0) is 143 Å². The van der Waals surface area contributed by atoms with Gasteiger partial charge in [0.25, 0.3) is 0 Å². The molecule has 0 unspecified atom stereocenters. The van der Waals surface area contributed by atoms with Crippen molar-refractivity contribution in [3.63, 3.8) is 0 Å². The topological polar surface area (TPSA) is 592 Å². The maximum atomic E-state index is 16.6. The van der Waals surface area contributed by atoms with Crippen LogP contribution in [0.2, 0.25) is 0 Å². The van der Waals surface area contributed by atoms with Gasteiger partial charge in [-0.3, -0.25) is 9.59 Å². The first-order valence-electron chi connectivity index (χ1n) is 40.9. The van der Waals surface area contributed by atoms with E-state index in [0.717, 1.165) is 11.6 Å². The highest BCUT2D eigenvalue weighted by Crippen LogP contribution is 2.76. The monoisotopic (exact) mass is 1700 g/mol. The minimum absolute atomic E-state index is 0.0752. The highest BCUT2D eigenvalue weighted by Gasteiger charge is 2.73. The van der Waals surface area contributed by atoms with Crippen molar-refractivity contribution in [1.82, 2.24) is 0 Å². The molecule has 1 aromatic rings. The van der Waals surface area contributed by atoms with Gasteiger partial charge in [0.05, 0.1) is 83.0 Å². The van der Waals surface area contributed by atoms with Gasteiger partial charge < -0.3 is 178 Å². The number of fused-ring (bicyclic) bond motifs is 7. The number of carbonyl (C=O) groups excluding carboxylic acids is 2. The Morgan fingerprint density at radius 2 is 1.04 bits per heavy atom. The van der Waals surface area contributed by atoms with Gasteiger partial charge in [-0.1, -0.05) is 45.4 Å². The second-order valence-corrected chi connectivity index (χ2v) is 35.9. The first-order valence-corrected chi connectivity index (χ1v) is 40.9. The number of allylic oxidation sites excluding steroid dienone is 1. The molecule has 7 heterocycles. The Morgan fingerprint density at radius 3 is 1.67 bits per heavy atom. The van der Waals surface area contributed by atoms with Gasteiger partial charge in [-0.25, -0.2) is 4.79 Å². The van der Waals surface area contributed by atoms with E-state index < -0.39 is 305 Å². The Bertz CT molecular complexity index is 3720. The van der Waals surface area contributed by atoms with E-state index in [2.05, 4.69) is 33.8 Å². The van der Waals surface area contributed by atoms with E-state index in [1.54, 1.807) is 25.1 Å². The summed E-state index contributed by atoms with van der Waals surface area (Å²) in [5, 5.41) is 212. The maximum Gasteiger partial charge on any atom is 0.331 e. The number of hydrogen-bond acceptors (Lipinski definition) is 38. The lowest BCUT2D eigenvalue weighted by Gasteiger charge is -2.71. The Hall–Kier alpha value is -4.53. The number of carboxylic acid groups (broad SMARTS) is 1. The van der Waals surface area contributed by atoms with Crippen LogP contribution in [-0.2, 0) is 85.4 Å². The first-order chi connectivity index (χ1) is 56.2. The third kappa shape index (κ3) is 16.7. The third-order valence-corrected chi connectivity index (χ3v) is 28.6. The van der Waals surface area contributed by atoms with Crippen molar-refractivity contribution >= 4 is 24.0 Å². The number of benzene rings is 1. The van der Waals surface area contributed by atoms with Gasteiger partial charge in [-0.2, -0.15) is 0 Å². The standard InChI is InChI=1S/C80H120O39/c1-32-61(115-68-57(96)51(90)43(30-107-68)112-66-55(94)48(87)37(84)28-105-66)54(93)59(98)69(108-32)118-65-64(117-71-60(99)63(52(91)42(27-82)111-71)116-67-56(95)49(88)38(85)29-106-67)62(114-47(86)15-11-34-10-13-39(103-8)40(24-34)104-9)33(2)109-72(65)119-74(102)79-21-20-75(3,4)25-36(79)35-12-14-44-76(5)18-17-46(113-70-58(97)53(92)50(89)41(26-81)110-70)78(7,73(100)101)45(76)16-19-77(44,6)80(35,31-83)23-22-79/h10-13,15,24,32-33,36-38,41-46,48-72,81-85,87-99H,14,16-23,25-31H2,1-9H3,(H,100,101)/b15-11+/t32-,33+,36+,37-,38+,41+,42+,43+,44+,45+,46-,48-,49-,50+,51-,52+,53-,54-,55+,56+,57+,58+,59+,60+,61-,62-,63-,64-,65+,66-,67-,68-,69-,70-,71-,72-,76+,77+,78-,79-,80-/m0/s1. The van der Waals surface area contributed by atoms with Gasteiger partial charge >= 0.3 is 17.9 Å². The quantitative estimate of drug-likeness (QED) is 0.0213. The van der Waals surface area contributed by atoms with Crippen LogP contribution in [0.25, 0.3) is 6.08 Å². The average molecular weight is 1710 g/mol. The number of aliphatic hydroxyl groups excluding tert-OH is 18. The van der Waals surface area contributed by atoms with E-state index in [4.69, 9.17) is 80.5 Å². The molecule has 7 aliphatic heterocycles. The summed E-state index contributed by atoms with van der Waals surface area (Å²) >= 11 is 0. The molecule has 0 amide bonds. The number of rotatable bonds is 23. The van der Waals surface area contributed by atoms with Crippen LogP contribution in [-0.4, -0.2) is 372 Å². The molecule has 1 aromatic carbocycles. The van der Waals surface area contributed by atoms with Gasteiger partial charge in [0.1, 0.15) is 128 Å². The van der Waals surface area contributed by atoms with Crippen LogP contribution in [0.5, 0.6) is 11.5 Å². The van der Waals surface area contributed by atoms with E-state index >= 15 is 4.79 Å². The van der Waals surface area contributed by atoms with E-state index in [1.165, 1.54) is 34.1 Å². The summed E-state index contributed by atoms with van der Waals surface area (Å²) in [5.41, 5.74) is -5.00. The van der Waals surface area contributed by atoms with Crippen LogP contribution in [0.15, 0.2) is 35.9 Å². The molecule has 39 heteroatoms. The number of aliphatic carboxylic acids is 1. The van der Waals surface area contributed by atoms with Gasteiger partial charge in [0.15, 0.2) is 61.4 Å². The summed E-state index contributed by atoms with van der Waals surface area (Å²) in [6.07, 6.45) is -52.2. The van der Waals surface area contributed by atoms with Crippen molar-refractivity contribution in [2.24, 2.45) is 50.2 Å². The average Bonchev–Trinajstić information content (AvgIpc) is 0.669. The summed E-state index contributed by atoms with van der Waals surface area (Å²) in [5.74, 6) is -4.09. The lowest BCUT2D eigenvalue weighted by atomic mass is 9.33. The smallest absolute Gasteiger partial charge is 0.331 e. The summed E-state index contributed by atoms with van der Waals surface area (Å²) in [7, 11) is 2.83. The predicted molar refractivity (Wildman–Crippen MR) is 396 cm³/mol. The highest BCUT2D eigenvalue weighted by atomic mass is 16.8. The van der Waals surface area contributed by atoms with Crippen LogP contribution < -0.4 is 9.47 Å². The number of aliphatic hydroxyl groups is 18. The molecule has 674 valence electrons. The molecule has 39 nitrogen and oxygen atoms in total. The Labute approximate surface area is 685 Å². The highest BCUT2D eigenvalue weighted by molar-refractivity contribution is 5.87. The minimum Gasteiger partial charge on any atom is -0.493 e. The molecule has 19 N–H and O–H groups in total. The second-order valence-electron chi connectivity index (χ2n) is 35.9. The first kappa shape index (κ1) is 92.1. The van der Waals surface area contributed by atoms with E-state index in [9.17, 15) is 107 Å². The summed E-state index contributed by atoms with van der Waals surface area (Å²) < 4.78 is 103. The molecule has 119 heavy (non-hydrogen) atoms. The van der Waals surface area contributed by atoms with Crippen molar-refractivity contribution in [3.8, 4) is 11.5 Å². The zero-order chi connectivity index (χ0) is 86.4. The van der Waals surface area contributed by atoms with Crippen LogP contribution in [0, 0.1) is 50.2 Å². The van der Waals surface area contributed by atoms with E-state index in [-0.39, 0.29) is 37.4 Å². The van der Waals surface area contributed by atoms with Gasteiger partial charge in [0, 0.05) is 11.5 Å². The molecule has 0 spiro atoms. The Kier molecular flexibility index (Phi) is 27.9. The van der Waals surface area contributed by atoms with Crippen LogP contribution in [0.3, 0.4) is 0 Å². The number of esters is 2. The number of carbonyl (C=O) groups is 3. The molecule has 12 aliphatic rings. The molecule has 41 atom stereocenters. The molecule has 0 aromatic heterocycles. The summed E-state index contributed by atoms with van der Waals surface area (Å²) in [6.45, 7) is 8.90.